The molecule has 0 bridgehead atoms. The second-order valence-corrected chi connectivity index (χ2v) is 4.08. The highest BCUT2D eigenvalue weighted by Gasteiger charge is 2.05. The van der Waals surface area contributed by atoms with E-state index >= 15 is 0 Å². The third kappa shape index (κ3) is 2.30. The minimum Gasteiger partial charge on any atom is -0.489 e. The van der Waals surface area contributed by atoms with Gasteiger partial charge in [0.05, 0.1) is 5.52 Å². The van der Waals surface area contributed by atoms with Crippen molar-refractivity contribution in [3.8, 4) is 5.75 Å². The number of pyridine rings is 1. The lowest BCUT2D eigenvalue weighted by atomic mass is 10.2. The van der Waals surface area contributed by atoms with E-state index in [9.17, 15) is 4.79 Å². The molecule has 0 saturated heterocycles. The first kappa shape index (κ1) is 11.4. The molecule has 3 aromatic rings. The Morgan fingerprint density at radius 3 is 3.05 bits per heavy atom. The van der Waals surface area contributed by atoms with Crippen molar-refractivity contribution in [2.75, 3.05) is 0 Å². The highest BCUT2D eigenvalue weighted by molar-refractivity contribution is 5.95. The average molecular weight is 253 g/mol. The van der Waals surface area contributed by atoms with Crippen molar-refractivity contribution in [1.82, 2.24) is 15.2 Å². The maximum atomic E-state index is 10.9. The summed E-state index contributed by atoms with van der Waals surface area (Å²) >= 11 is 0. The molecular weight excluding hydrogens is 242 g/mol. The summed E-state index contributed by atoms with van der Waals surface area (Å²) in [6.07, 6.45) is 4.23. The number of hydrogen-bond donors (Lipinski definition) is 1. The normalized spacial score (nSPS) is 10.5. The Morgan fingerprint density at radius 2 is 2.26 bits per heavy atom. The van der Waals surface area contributed by atoms with Gasteiger partial charge in [0, 0.05) is 23.3 Å². The lowest BCUT2D eigenvalue weighted by molar-refractivity contribution is 0.112. The average Bonchev–Trinajstić information content (AvgIpc) is 2.88. The van der Waals surface area contributed by atoms with Crippen LogP contribution in [0.15, 0.2) is 42.7 Å². The molecule has 3 rings (SSSR count). The van der Waals surface area contributed by atoms with Crippen LogP contribution in [0.5, 0.6) is 5.75 Å². The highest BCUT2D eigenvalue weighted by Crippen LogP contribution is 2.22. The van der Waals surface area contributed by atoms with Crippen LogP contribution in [-0.2, 0) is 6.61 Å². The molecule has 19 heavy (non-hydrogen) atoms. The maximum absolute atomic E-state index is 10.9. The monoisotopic (exact) mass is 253 g/mol. The van der Waals surface area contributed by atoms with Gasteiger partial charge in [-0.3, -0.25) is 14.9 Å². The van der Waals surface area contributed by atoms with Crippen LogP contribution in [0.2, 0.25) is 0 Å². The summed E-state index contributed by atoms with van der Waals surface area (Å²) in [6.45, 7) is 0.438. The zero-order valence-corrected chi connectivity index (χ0v) is 10.0. The number of ether oxygens (including phenoxy) is 1. The summed E-state index contributed by atoms with van der Waals surface area (Å²) in [5, 5.41) is 7.47. The van der Waals surface area contributed by atoms with E-state index in [1.54, 1.807) is 18.5 Å². The van der Waals surface area contributed by atoms with Gasteiger partial charge in [-0.2, -0.15) is 5.10 Å². The Bertz CT molecular complexity index is 707. The van der Waals surface area contributed by atoms with Crippen molar-refractivity contribution in [3.63, 3.8) is 0 Å². The Kier molecular flexibility index (Phi) is 2.94. The van der Waals surface area contributed by atoms with Crippen LogP contribution in [0.1, 0.15) is 16.1 Å². The summed E-state index contributed by atoms with van der Waals surface area (Å²) in [7, 11) is 0. The second kappa shape index (κ2) is 4.89. The Morgan fingerprint density at radius 1 is 1.32 bits per heavy atom. The molecule has 0 atom stereocenters. The lowest BCUT2D eigenvalue weighted by Crippen LogP contribution is -1.95. The van der Waals surface area contributed by atoms with Gasteiger partial charge in [0.1, 0.15) is 18.1 Å². The molecule has 0 radical (unpaired) electrons. The largest absolute Gasteiger partial charge is 0.489 e. The Labute approximate surface area is 109 Å². The quantitative estimate of drug-likeness (QED) is 0.725. The van der Waals surface area contributed by atoms with Gasteiger partial charge in [-0.15, -0.1) is 0 Å². The van der Waals surface area contributed by atoms with E-state index in [2.05, 4.69) is 15.2 Å². The number of aldehydes is 1. The molecule has 0 unspecified atom stereocenters. The van der Waals surface area contributed by atoms with Crippen molar-refractivity contribution in [2.45, 2.75) is 6.61 Å². The molecule has 1 N–H and O–H groups in total. The SMILES string of the molecule is O=Cc1[nH]nc2ccc(OCc3cccnc3)cc12. The van der Waals surface area contributed by atoms with Crippen molar-refractivity contribution in [2.24, 2.45) is 0 Å². The van der Waals surface area contributed by atoms with Gasteiger partial charge < -0.3 is 4.74 Å². The molecule has 0 aliphatic carbocycles. The van der Waals surface area contributed by atoms with Crippen LogP contribution < -0.4 is 4.74 Å². The Balaban J connectivity index is 1.83. The summed E-state index contributed by atoms with van der Waals surface area (Å²) in [5.41, 5.74) is 2.20. The van der Waals surface area contributed by atoms with E-state index in [0.717, 1.165) is 22.8 Å². The molecule has 0 spiro atoms. The van der Waals surface area contributed by atoms with Gasteiger partial charge in [0.15, 0.2) is 6.29 Å². The smallest absolute Gasteiger partial charge is 0.168 e. The number of hydrogen-bond acceptors (Lipinski definition) is 4. The number of carbonyl (C=O) groups excluding carboxylic acids is 1. The standard InChI is InChI=1S/C14H11N3O2/c18-8-14-12-6-11(3-4-13(12)16-17-14)19-9-10-2-1-5-15-7-10/h1-8H,9H2,(H,16,17). The Hall–Kier alpha value is -2.69. The topological polar surface area (TPSA) is 67.9 Å². The van der Waals surface area contributed by atoms with Gasteiger partial charge in [0.2, 0.25) is 0 Å². The minimum absolute atomic E-state index is 0.438. The molecule has 0 aliphatic rings. The van der Waals surface area contributed by atoms with Crippen LogP contribution >= 0.6 is 0 Å². The number of nitrogens with one attached hydrogen (secondary N) is 1. The summed E-state index contributed by atoms with van der Waals surface area (Å²) in [6, 6.07) is 9.26. The van der Waals surface area contributed by atoms with Crippen molar-refractivity contribution < 1.29 is 9.53 Å². The van der Waals surface area contributed by atoms with Gasteiger partial charge in [0.25, 0.3) is 0 Å². The van der Waals surface area contributed by atoms with Crippen LogP contribution in [-0.4, -0.2) is 21.5 Å². The number of rotatable bonds is 4. The zero-order chi connectivity index (χ0) is 13.1. The van der Waals surface area contributed by atoms with Crippen LogP contribution in [0.3, 0.4) is 0 Å². The lowest BCUT2D eigenvalue weighted by Gasteiger charge is -2.05. The summed E-state index contributed by atoms with van der Waals surface area (Å²) < 4.78 is 5.67. The van der Waals surface area contributed by atoms with Gasteiger partial charge in [-0.05, 0) is 24.3 Å². The first-order valence-corrected chi connectivity index (χ1v) is 5.82. The predicted molar refractivity (Wildman–Crippen MR) is 70.1 cm³/mol. The number of H-pyrrole nitrogens is 1. The summed E-state index contributed by atoms with van der Waals surface area (Å²) in [4.78, 5) is 14.9. The van der Waals surface area contributed by atoms with E-state index in [1.165, 1.54) is 0 Å². The number of carbonyl (C=O) groups is 1. The molecule has 1 aromatic carbocycles. The second-order valence-electron chi connectivity index (χ2n) is 4.08. The molecule has 0 fully saturated rings. The molecule has 2 aromatic heterocycles. The first-order valence-electron chi connectivity index (χ1n) is 5.82. The molecule has 0 aliphatic heterocycles. The summed E-state index contributed by atoms with van der Waals surface area (Å²) in [5.74, 6) is 0.695. The van der Waals surface area contributed by atoms with Crippen LogP contribution in [0.4, 0.5) is 0 Å². The number of aromatic amines is 1. The van der Waals surface area contributed by atoms with Gasteiger partial charge in [-0.1, -0.05) is 6.07 Å². The molecule has 5 heteroatoms. The molecule has 5 nitrogen and oxygen atoms in total. The molecule has 94 valence electrons. The van der Waals surface area contributed by atoms with Gasteiger partial charge in [-0.25, -0.2) is 0 Å². The third-order valence-corrected chi connectivity index (χ3v) is 2.80. The zero-order valence-electron chi connectivity index (χ0n) is 10.0. The number of nitrogens with zero attached hydrogens (tertiary/aromatic N) is 2. The molecular formula is C14H11N3O2. The van der Waals surface area contributed by atoms with E-state index in [1.807, 2.05) is 24.3 Å². The maximum Gasteiger partial charge on any atom is 0.168 e. The minimum atomic E-state index is 0.438. The van der Waals surface area contributed by atoms with Crippen molar-refractivity contribution in [3.05, 3.63) is 54.0 Å². The third-order valence-electron chi connectivity index (χ3n) is 2.80. The number of benzene rings is 1. The van der Waals surface area contributed by atoms with Crippen LogP contribution in [0, 0.1) is 0 Å². The molecule has 0 amide bonds. The molecule has 2 heterocycles. The van der Waals surface area contributed by atoms with E-state index in [-0.39, 0.29) is 0 Å². The number of aromatic nitrogens is 3. The first-order chi connectivity index (χ1) is 9.36. The van der Waals surface area contributed by atoms with E-state index in [0.29, 0.717) is 18.1 Å². The number of fused-ring (bicyclic) bond motifs is 1. The van der Waals surface area contributed by atoms with Crippen molar-refractivity contribution in [1.29, 1.82) is 0 Å². The highest BCUT2D eigenvalue weighted by atomic mass is 16.5. The fourth-order valence-corrected chi connectivity index (χ4v) is 1.84. The van der Waals surface area contributed by atoms with E-state index in [4.69, 9.17) is 4.74 Å². The van der Waals surface area contributed by atoms with Crippen LogP contribution in [0.25, 0.3) is 10.9 Å². The predicted octanol–water partition coefficient (Wildman–Crippen LogP) is 2.35. The van der Waals surface area contributed by atoms with E-state index < -0.39 is 0 Å². The fourth-order valence-electron chi connectivity index (χ4n) is 1.84. The van der Waals surface area contributed by atoms with Crippen molar-refractivity contribution >= 4 is 17.2 Å². The molecule has 0 saturated carbocycles. The fraction of sp³-hybridized carbons (Fsp3) is 0.0714. The van der Waals surface area contributed by atoms with Gasteiger partial charge >= 0.3 is 0 Å².